The number of thiazole rings is 1. The molecule has 1 aromatic heterocycles. The van der Waals surface area contributed by atoms with Crippen LogP contribution in [0.2, 0.25) is 0 Å². The average molecular weight is 640 g/mol. The number of carbonyl (C=O) groups is 3. The van der Waals surface area contributed by atoms with Crippen LogP contribution in [0.4, 0.5) is 11.4 Å². The maximum Gasteiger partial charge on any atom is 0.323 e. The molecule has 42 heavy (non-hydrogen) atoms. The normalized spacial score (nSPS) is 21.3. The van der Waals surface area contributed by atoms with Crippen LogP contribution in [0, 0.1) is 0 Å². The van der Waals surface area contributed by atoms with E-state index in [9.17, 15) is 24.3 Å². The molecule has 9 nitrogen and oxygen atoms in total. The molecule has 1 saturated carbocycles. The summed E-state index contributed by atoms with van der Waals surface area (Å²) in [6.45, 7) is -1.25. The number of hydrogen-bond acceptors (Lipinski definition) is 9. The molecule has 3 aromatic rings. The zero-order chi connectivity index (χ0) is 29.7. The Balaban J connectivity index is 1.44. The summed E-state index contributed by atoms with van der Waals surface area (Å²) in [6, 6.07) is 15.1. The Morgan fingerprint density at radius 2 is 1.81 bits per heavy atom. The largest absolute Gasteiger partial charge is 0.480 e. The van der Waals surface area contributed by atoms with Crippen molar-refractivity contribution in [3.8, 4) is 0 Å². The van der Waals surface area contributed by atoms with E-state index in [0.717, 1.165) is 68.8 Å². The van der Waals surface area contributed by atoms with Crippen LogP contribution >= 0.6 is 47.1 Å². The molecule has 2 unspecified atom stereocenters. The minimum absolute atomic E-state index is 0.0445. The van der Waals surface area contributed by atoms with Crippen LogP contribution < -0.4 is 19.7 Å². The fourth-order valence-corrected chi connectivity index (χ4v) is 8.88. The lowest BCUT2D eigenvalue weighted by molar-refractivity contribution is -0.140. The Morgan fingerprint density at radius 3 is 2.50 bits per heavy atom. The van der Waals surface area contributed by atoms with E-state index in [1.165, 1.54) is 10.5 Å². The van der Waals surface area contributed by atoms with Crippen molar-refractivity contribution < 1.29 is 24.6 Å². The number of thiocarbonyl (C=S) groups is 1. The third-order valence-electron chi connectivity index (χ3n) is 7.71. The van der Waals surface area contributed by atoms with Crippen molar-refractivity contribution in [2.45, 2.75) is 42.7 Å². The molecule has 2 aliphatic heterocycles. The van der Waals surface area contributed by atoms with Crippen molar-refractivity contribution in [1.82, 2.24) is 9.47 Å². The van der Waals surface area contributed by atoms with Gasteiger partial charge in [-0.3, -0.25) is 28.6 Å². The van der Waals surface area contributed by atoms with Crippen molar-refractivity contribution in [2.24, 2.45) is 0 Å². The number of amides is 1. The molecule has 2 atom stereocenters. The predicted molar refractivity (Wildman–Crippen MR) is 169 cm³/mol. The summed E-state index contributed by atoms with van der Waals surface area (Å²) in [7, 11) is 0. The van der Waals surface area contributed by atoms with Crippen LogP contribution in [0.3, 0.4) is 0 Å². The fraction of sp³-hybridized carbons (Fsp3) is 0.276. The zero-order valence-electron chi connectivity index (χ0n) is 22.3. The van der Waals surface area contributed by atoms with Crippen molar-refractivity contribution in [2.75, 3.05) is 17.7 Å². The molecular weight excluding hydrogens is 615 g/mol. The first-order chi connectivity index (χ1) is 20.2. The fourth-order valence-electron chi connectivity index (χ4n) is 5.96. The van der Waals surface area contributed by atoms with E-state index >= 15 is 0 Å². The van der Waals surface area contributed by atoms with Crippen LogP contribution in [-0.4, -0.2) is 60.7 Å². The van der Waals surface area contributed by atoms with Gasteiger partial charge >= 0.3 is 11.9 Å². The van der Waals surface area contributed by atoms with E-state index in [0.29, 0.717) is 12.0 Å². The van der Waals surface area contributed by atoms with Gasteiger partial charge in [0.15, 0.2) is 0 Å². The summed E-state index contributed by atoms with van der Waals surface area (Å²) < 4.78 is 1.52. The third kappa shape index (κ3) is 5.08. The van der Waals surface area contributed by atoms with E-state index < -0.39 is 36.5 Å². The number of hydrogen-bond donors (Lipinski definition) is 2. The Morgan fingerprint density at radius 1 is 1.07 bits per heavy atom. The Hall–Kier alpha value is -3.39. The second-order valence-corrected chi connectivity index (χ2v) is 13.7. The van der Waals surface area contributed by atoms with Crippen LogP contribution in [-0.2, 0) is 20.9 Å². The van der Waals surface area contributed by atoms with E-state index in [-0.39, 0.29) is 18.4 Å². The number of rotatable bonds is 7. The number of nitrogens with zero attached hydrogens (tertiary/aromatic N) is 3. The monoisotopic (exact) mass is 639 g/mol. The number of carboxylic acids is 2. The summed E-state index contributed by atoms with van der Waals surface area (Å²) in [5.41, 5.74) is 3.82. The van der Waals surface area contributed by atoms with E-state index in [2.05, 4.69) is 47.6 Å². The molecule has 216 valence electrons. The molecule has 6 rings (SSSR count). The summed E-state index contributed by atoms with van der Waals surface area (Å²) >= 11 is 8.79. The minimum Gasteiger partial charge on any atom is -0.480 e. The molecule has 13 heteroatoms. The van der Waals surface area contributed by atoms with Gasteiger partial charge in [0.05, 0.1) is 4.53 Å². The standard InChI is InChI=1S/C29H25N3O6S4/c1-40-17-8-6-16(7-9-17)32-20-4-2-3-18(20)19-11-15(5-10-21(19)32)12-22-26(37)30(13-23(33)34)28(41-22)25-27(38)31(14-24(35)36)29(39)42-25/h5-12,18,20H,2-4,13-14H2,1H3,(H,33,34)(H,35,36). The van der Waals surface area contributed by atoms with Gasteiger partial charge in [-0.2, -0.15) is 0 Å². The molecule has 1 amide bonds. The lowest BCUT2D eigenvalue weighted by Gasteiger charge is -2.27. The lowest BCUT2D eigenvalue weighted by atomic mass is 9.96. The van der Waals surface area contributed by atoms with Crippen LogP contribution in [0.1, 0.15) is 36.3 Å². The van der Waals surface area contributed by atoms with Gasteiger partial charge in [0.1, 0.15) is 27.0 Å². The van der Waals surface area contributed by atoms with Gasteiger partial charge in [0.25, 0.3) is 11.5 Å². The highest BCUT2D eigenvalue weighted by atomic mass is 32.2. The minimum atomic E-state index is -1.24. The Bertz CT molecular complexity index is 1830. The average Bonchev–Trinajstić information content (AvgIpc) is 3.69. The Labute approximate surface area is 258 Å². The SMILES string of the molecule is CSc1ccc(N2c3ccc(C=c4sc(=C5SC(=S)N(CC(=O)O)C5=O)n(CC(=O)O)c4=O)cc3C3CCCC32)cc1. The number of aliphatic carboxylic acids is 2. The van der Waals surface area contributed by atoms with Gasteiger partial charge in [-0.25, -0.2) is 0 Å². The molecule has 1 saturated heterocycles. The first-order valence-corrected chi connectivity index (χ1v) is 16.4. The third-order valence-corrected chi connectivity index (χ3v) is 11.1. The molecule has 2 N–H and O–H groups in total. The van der Waals surface area contributed by atoms with Crippen molar-refractivity contribution in [3.63, 3.8) is 0 Å². The number of fused-ring (bicyclic) bond motifs is 3. The number of thioether (sulfide) groups is 2. The van der Waals surface area contributed by atoms with E-state index in [1.807, 2.05) is 6.07 Å². The van der Waals surface area contributed by atoms with Crippen molar-refractivity contribution in [3.05, 3.63) is 73.1 Å². The quantitative estimate of drug-likeness (QED) is 0.294. The van der Waals surface area contributed by atoms with Gasteiger partial charge < -0.3 is 15.1 Å². The van der Waals surface area contributed by atoms with Gasteiger partial charge in [0, 0.05) is 28.2 Å². The van der Waals surface area contributed by atoms with Gasteiger partial charge in [0.2, 0.25) is 0 Å². The second-order valence-electron chi connectivity index (χ2n) is 10.2. The number of aromatic nitrogens is 1. The molecule has 3 aliphatic rings. The molecule has 0 radical (unpaired) electrons. The highest BCUT2D eigenvalue weighted by molar-refractivity contribution is 8.30. The van der Waals surface area contributed by atoms with Gasteiger partial charge in [-0.1, -0.05) is 36.5 Å². The second kappa shape index (κ2) is 11.4. The highest BCUT2D eigenvalue weighted by Crippen LogP contribution is 2.52. The first-order valence-electron chi connectivity index (χ1n) is 13.2. The molecule has 2 aromatic carbocycles. The maximum atomic E-state index is 13.4. The number of benzene rings is 2. The summed E-state index contributed by atoms with van der Waals surface area (Å²) in [4.78, 5) is 54.0. The molecule has 0 bridgehead atoms. The van der Waals surface area contributed by atoms with E-state index in [4.69, 9.17) is 17.3 Å². The van der Waals surface area contributed by atoms with Crippen LogP contribution in [0.15, 0.2) is 52.2 Å². The molecule has 3 heterocycles. The van der Waals surface area contributed by atoms with E-state index in [1.54, 1.807) is 17.8 Å². The summed E-state index contributed by atoms with van der Waals surface area (Å²) in [5.74, 6) is -2.75. The highest BCUT2D eigenvalue weighted by Gasteiger charge is 2.42. The summed E-state index contributed by atoms with van der Waals surface area (Å²) in [6.07, 6.45) is 7.11. The summed E-state index contributed by atoms with van der Waals surface area (Å²) in [5, 5.41) is 18.7. The Kier molecular flexibility index (Phi) is 7.77. The van der Waals surface area contributed by atoms with Gasteiger partial charge in [-0.15, -0.1) is 23.1 Å². The van der Waals surface area contributed by atoms with Crippen LogP contribution in [0.25, 0.3) is 11.0 Å². The molecule has 1 aliphatic carbocycles. The maximum absolute atomic E-state index is 13.4. The first kappa shape index (κ1) is 28.7. The van der Waals surface area contributed by atoms with Crippen molar-refractivity contribution >= 4 is 91.6 Å². The smallest absolute Gasteiger partial charge is 0.323 e. The molecule has 0 spiro atoms. The molecular formula is C29H25N3O6S4. The zero-order valence-corrected chi connectivity index (χ0v) is 25.6. The van der Waals surface area contributed by atoms with Gasteiger partial charge in [-0.05, 0) is 72.7 Å². The van der Waals surface area contributed by atoms with Crippen LogP contribution in [0.5, 0.6) is 0 Å². The number of carbonyl (C=O) groups excluding carboxylic acids is 1. The lowest BCUT2D eigenvalue weighted by Crippen LogP contribution is -2.36. The predicted octanol–water partition coefficient (Wildman–Crippen LogP) is 3.39. The van der Waals surface area contributed by atoms with Crippen molar-refractivity contribution in [1.29, 1.82) is 0 Å². The number of carboxylic acid groups (broad SMARTS) is 2. The number of anilines is 2. The molecule has 2 fully saturated rings. The topological polar surface area (TPSA) is 120 Å².